The van der Waals surface area contributed by atoms with Crippen molar-refractivity contribution >= 4 is 22.2 Å². The van der Waals surface area contributed by atoms with Crippen LogP contribution < -0.4 is 15.8 Å². The summed E-state index contributed by atoms with van der Waals surface area (Å²) in [6.45, 7) is 0. The lowest BCUT2D eigenvalue weighted by Gasteiger charge is -2.18. The smallest absolute Gasteiger partial charge is 0.267 e. The molecule has 1 N–H and O–H groups in total. The van der Waals surface area contributed by atoms with Gasteiger partial charge in [0.05, 0.1) is 0 Å². The maximum absolute atomic E-state index is 13.1. The molecule has 3 aromatic carbocycles. The van der Waals surface area contributed by atoms with Crippen LogP contribution in [-0.2, 0) is 0 Å². The van der Waals surface area contributed by atoms with Crippen LogP contribution in [0.1, 0.15) is 23.2 Å². The molecule has 2 atom stereocenters. The van der Waals surface area contributed by atoms with E-state index in [1.807, 2.05) is 72.8 Å². The maximum Gasteiger partial charge on any atom is 0.416 e. The highest BCUT2D eigenvalue weighted by Crippen LogP contribution is 2.38. The van der Waals surface area contributed by atoms with E-state index in [0.717, 1.165) is 22.2 Å². The standard InChI is InChI=1S/C24H16N4O2/c29-22-19-23-27(18-14-8-7-13-17(18)25-19)20(15-9-3-1-4-10-15)21(28(23)24(30)26-22)16-11-5-2-6-12-16/h1-14,20-21H/p+1/t20-,21+/m1/s1. The van der Waals surface area contributed by atoms with Crippen molar-refractivity contribution in [3.05, 3.63) is 117 Å². The van der Waals surface area contributed by atoms with Gasteiger partial charge in [0.1, 0.15) is 5.52 Å². The number of hydrogen-bond acceptors (Lipinski definition) is 3. The second-order valence-electron chi connectivity index (χ2n) is 7.48. The van der Waals surface area contributed by atoms with E-state index >= 15 is 0 Å². The Labute approximate surface area is 170 Å². The Hall–Kier alpha value is -4.06. The molecule has 6 heteroatoms. The number of aromatic nitrogens is 4. The SMILES string of the molecule is O=c1[nH]c(=O)n2c3c1nc1ccccc1[n+]3[C@H](c1ccccc1)[C@@H]2c1ccccc1. The fourth-order valence-electron chi connectivity index (χ4n) is 4.64. The molecule has 1 aliphatic heterocycles. The summed E-state index contributed by atoms with van der Waals surface area (Å²) in [4.78, 5) is 32.9. The van der Waals surface area contributed by atoms with Gasteiger partial charge < -0.3 is 0 Å². The predicted molar refractivity (Wildman–Crippen MR) is 113 cm³/mol. The van der Waals surface area contributed by atoms with Crippen LogP contribution in [0.15, 0.2) is 94.5 Å². The van der Waals surface area contributed by atoms with Gasteiger partial charge in [-0.3, -0.25) is 9.78 Å². The number of nitrogens with zero attached hydrogens (tertiary/aromatic N) is 3. The van der Waals surface area contributed by atoms with E-state index in [-0.39, 0.29) is 17.6 Å². The van der Waals surface area contributed by atoms with Crippen LogP contribution in [0.25, 0.3) is 22.2 Å². The second-order valence-corrected chi connectivity index (χ2v) is 7.48. The van der Waals surface area contributed by atoms with E-state index in [4.69, 9.17) is 0 Å². The van der Waals surface area contributed by atoms with E-state index in [1.165, 1.54) is 0 Å². The third kappa shape index (κ3) is 2.24. The number of nitrogens with one attached hydrogen (secondary N) is 1. The van der Waals surface area contributed by atoms with E-state index in [9.17, 15) is 9.59 Å². The third-order valence-electron chi connectivity index (χ3n) is 5.83. The highest BCUT2D eigenvalue weighted by atomic mass is 16.2. The van der Waals surface area contributed by atoms with Gasteiger partial charge in [0.15, 0.2) is 17.6 Å². The summed E-state index contributed by atoms with van der Waals surface area (Å²) in [6, 6.07) is 27.2. The second kappa shape index (κ2) is 6.22. The van der Waals surface area contributed by atoms with E-state index in [1.54, 1.807) is 4.57 Å². The molecule has 3 heterocycles. The zero-order valence-electron chi connectivity index (χ0n) is 15.9. The molecule has 0 amide bonds. The number of aromatic amines is 1. The summed E-state index contributed by atoms with van der Waals surface area (Å²) in [7, 11) is 0. The molecule has 0 unspecified atom stereocenters. The number of rotatable bonds is 2. The lowest BCUT2D eigenvalue weighted by atomic mass is 9.94. The highest BCUT2D eigenvalue weighted by molar-refractivity contribution is 5.80. The van der Waals surface area contributed by atoms with E-state index in [2.05, 4.69) is 26.7 Å². The molecule has 5 aromatic rings. The summed E-state index contributed by atoms with van der Waals surface area (Å²) in [5.41, 5.74) is 3.58. The quantitative estimate of drug-likeness (QED) is 0.370. The Morgan fingerprint density at radius 1 is 0.800 bits per heavy atom. The van der Waals surface area contributed by atoms with Gasteiger partial charge in [-0.15, -0.1) is 0 Å². The molecule has 0 saturated carbocycles. The first kappa shape index (κ1) is 16.9. The van der Waals surface area contributed by atoms with Gasteiger partial charge in [-0.2, -0.15) is 4.57 Å². The number of fused-ring (bicyclic) bond motifs is 2. The monoisotopic (exact) mass is 393 g/mol. The summed E-state index contributed by atoms with van der Waals surface area (Å²) >= 11 is 0. The predicted octanol–water partition coefficient (Wildman–Crippen LogP) is 2.72. The number of para-hydroxylation sites is 2. The van der Waals surface area contributed by atoms with Gasteiger partial charge >= 0.3 is 11.3 Å². The summed E-state index contributed by atoms with van der Waals surface area (Å²) < 4.78 is 3.78. The molecule has 0 radical (unpaired) electrons. The molecule has 0 fully saturated rings. The summed E-state index contributed by atoms with van der Waals surface area (Å²) in [6.07, 6.45) is 0. The van der Waals surface area contributed by atoms with Crippen LogP contribution in [0.3, 0.4) is 0 Å². The van der Waals surface area contributed by atoms with Gasteiger partial charge in [0.25, 0.3) is 5.56 Å². The topological polar surface area (TPSA) is 71.6 Å². The van der Waals surface area contributed by atoms with Crippen molar-refractivity contribution in [3.8, 4) is 0 Å². The first-order valence-corrected chi connectivity index (χ1v) is 9.83. The Morgan fingerprint density at radius 2 is 1.43 bits per heavy atom. The average Bonchev–Trinajstić information content (AvgIpc) is 3.16. The molecule has 1 aliphatic rings. The van der Waals surface area contributed by atoms with Crippen LogP contribution >= 0.6 is 0 Å². The van der Waals surface area contributed by atoms with Gasteiger partial charge in [0.2, 0.25) is 5.52 Å². The van der Waals surface area contributed by atoms with Crippen molar-refractivity contribution in [2.24, 2.45) is 0 Å². The molecule has 144 valence electrons. The van der Waals surface area contributed by atoms with Crippen LogP contribution in [0.2, 0.25) is 0 Å². The van der Waals surface area contributed by atoms with Crippen LogP contribution in [0, 0.1) is 0 Å². The number of H-pyrrole nitrogens is 1. The van der Waals surface area contributed by atoms with Gasteiger partial charge in [0, 0.05) is 11.1 Å². The van der Waals surface area contributed by atoms with Crippen LogP contribution in [-0.4, -0.2) is 14.5 Å². The largest absolute Gasteiger partial charge is 0.416 e. The number of benzene rings is 3. The molecule has 6 rings (SSSR count). The van der Waals surface area contributed by atoms with Gasteiger partial charge in [-0.05, 0) is 12.1 Å². The van der Waals surface area contributed by atoms with Crippen molar-refractivity contribution in [1.29, 1.82) is 0 Å². The Kier molecular flexibility index (Phi) is 3.49. The average molecular weight is 393 g/mol. The molecular formula is C24H17N4O2+. The first-order chi connectivity index (χ1) is 14.7. The fraction of sp³-hybridized carbons (Fsp3) is 0.0833. The zero-order valence-corrected chi connectivity index (χ0v) is 15.9. The first-order valence-electron chi connectivity index (χ1n) is 9.83. The fourth-order valence-corrected chi connectivity index (χ4v) is 4.64. The maximum atomic E-state index is 13.1. The van der Waals surface area contributed by atoms with Crippen molar-refractivity contribution in [2.75, 3.05) is 0 Å². The van der Waals surface area contributed by atoms with Crippen molar-refractivity contribution in [1.82, 2.24) is 14.5 Å². The molecule has 30 heavy (non-hydrogen) atoms. The van der Waals surface area contributed by atoms with E-state index < -0.39 is 11.2 Å². The van der Waals surface area contributed by atoms with Crippen molar-refractivity contribution in [3.63, 3.8) is 0 Å². The Balaban J connectivity index is 1.84. The van der Waals surface area contributed by atoms with Crippen molar-refractivity contribution in [2.45, 2.75) is 12.1 Å². The highest BCUT2D eigenvalue weighted by Gasteiger charge is 2.46. The molecule has 6 nitrogen and oxygen atoms in total. The van der Waals surface area contributed by atoms with Crippen LogP contribution in [0.4, 0.5) is 0 Å². The Morgan fingerprint density at radius 3 is 2.17 bits per heavy atom. The normalized spacial score (nSPS) is 17.6. The summed E-state index contributed by atoms with van der Waals surface area (Å²) in [5, 5.41) is 0. The Bertz CT molecular complexity index is 1540. The van der Waals surface area contributed by atoms with Gasteiger partial charge in [-0.25, -0.2) is 14.3 Å². The van der Waals surface area contributed by atoms with E-state index in [0.29, 0.717) is 5.65 Å². The molecule has 0 saturated heterocycles. The minimum Gasteiger partial charge on any atom is -0.267 e. The minimum atomic E-state index is -0.466. The molecule has 0 aliphatic carbocycles. The lowest BCUT2D eigenvalue weighted by molar-refractivity contribution is -0.658. The molecule has 0 spiro atoms. The molecular weight excluding hydrogens is 376 g/mol. The number of hydrogen-bond donors (Lipinski definition) is 1. The lowest BCUT2D eigenvalue weighted by Crippen LogP contribution is -2.41. The van der Waals surface area contributed by atoms with Crippen LogP contribution in [0.5, 0.6) is 0 Å². The molecule has 0 bridgehead atoms. The zero-order chi connectivity index (χ0) is 20.2. The van der Waals surface area contributed by atoms with Gasteiger partial charge in [-0.1, -0.05) is 72.8 Å². The minimum absolute atomic E-state index is 0.202. The molecule has 2 aromatic heterocycles. The van der Waals surface area contributed by atoms with Crippen molar-refractivity contribution < 1.29 is 4.57 Å². The summed E-state index contributed by atoms with van der Waals surface area (Å²) in [5.74, 6) is 0. The third-order valence-corrected chi connectivity index (χ3v) is 5.83.